The third-order valence-corrected chi connectivity index (χ3v) is 4.22. The molecule has 1 aromatic carbocycles. The molecule has 0 atom stereocenters. The van der Waals surface area contributed by atoms with Gasteiger partial charge in [-0.05, 0) is 25.0 Å². The van der Waals surface area contributed by atoms with E-state index in [1.165, 1.54) is 0 Å². The van der Waals surface area contributed by atoms with Gasteiger partial charge >= 0.3 is 0 Å². The number of hydrogen-bond acceptors (Lipinski definition) is 5. The Morgan fingerprint density at radius 1 is 1.19 bits per heavy atom. The lowest BCUT2D eigenvalue weighted by molar-refractivity contribution is -0.385. The van der Waals surface area contributed by atoms with Crippen molar-refractivity contribution in [2.45, 2.75) is 19.4 Å². The average Bonchev–Trinajstić information content (AvgIpc) is 3.10. The molecule has 1 amide bonds. The van der Waals surface area contributed by atoms with Crippen LogP contribution in [0.2, 0.25) is 0 Å². The van der Waals surface area contributed by atoms with Gasteiger partial charge in [0, 0.05) is 30.9 Å². The highest BCUT2D eigenvalue weighted by atomic mass is 19.1. The van der Waals surface area contributed by atoms with Gasteiger partial charge in [0.1, 0.15) is 12.2 Å². The Balaban J connectivity index is 1.76. The van der Waals surface area contributed by atoms with Gasteiger partial charge in [-0.3, -0.25) is 24.3 Å². The first-order chi connectivity index (χ1) is 12.8. The lowest BCUT2D eigenvalue weighted by Gasteiger charge is -2.20. The molecule has 1 N–H and O–H groups in total. The molecule has 0 unspecified atom stereocenters. The summed E-state index contributed by atoms with van der Waals surface area (Å²) < 4.78 is 29.4. The molecule has 2 aromatic rings. The Bertz CT molecular complexity index is 931. The number of carbonyl (C=O) groups excluding carboxylic acids is 1. The van der Waals surface area contributed by atoms with E-state index in [9.17, 15) is 28.5 Å². The molecule has 1 aliphatic rings. The van der Waals surface area contributed by atoms with Crippen LogP contribution in [0.3, 0.4) is 0 Å². The van der Waals surface area contributed by atoms with Crippen molar-refractivity contribution in [3.05, 3.63) is 62.6 Å². The van der Waals surface area contributed by atoms with Gasteiger partial charge in [-0.15, -0.1) is 0 Å². The molecule has 2 heterocycles. The second-order valence-electron chi connectivity index (χ2n) is 6.14. The maximum atomic E-state index is 14.3. The number of nitro groups is 1. The van der Waals surface area contributed by atoms with Gasteiger partial charge in [-0.25, -0.2) is 8.78 Å². The van der Waals surface area contributed by atoms with Crippen LogP contribution >= 0.6 is 0 Å². The van der Waals surface area contributed by atoms with Crippen LogP contribution in [0.5, 0.6) is 0 Å². The van der Waals surface area contributed by atoms with Gasteiger partial charge in [0.2, 0.25) is 5.91 Å². The predicted octanol–water partition coefficient (Wildman–Crippen LogP) is 2.27. The third kappa shape index (κ3) is 4.10. The molecule has 0 radical (unpaired) electrons. The van der Waals surface area contributed by atoms with E-state index in [1.54, 1.807) is 4.90 Å². The Labute approximate surface area is 152 Å². The van der Waals surface area contributed by atoms with Crippen molar-refractivity contribution in [3.63, 3.8) is 0 Å². The molecule has 1 fully saturated rings. The normalized spacial score (nSPS) is 13.6. The summed E-state index contributed by atoms with van der Waals surface area (Å²) in [4.78, 5) is 35.5. The summed E-state index contributed by atoms with van der Waals surface area (Å²) in [6.45, 7) is 0.599. The molecule has 0 bridgehead atoms. The SMILES string of the molecule is O=C(Cn1cc([N+](=O)[O-])ccc1=O)Nc1cc(F)c(N2CCCC2)c(F)c1. The minimum atomic E-state index is -0.792. The Hall–Kier alpha value is -3.30. The predicted molar refractivity (Wildman–Crippen MR) is 93.8 cm³/mol. The number of halogens is 2. The summed E-state index contributed by atoms with van der Waals surface area (Å²) in [7, 11) is 0. The largest absolute Gasteiger partial charge is 0.367 e. The lowest BCUT2D eigenvalue weighted by Crippen LogP contribution is -2.27. The summed E-state index contributed by atoms with van der Waals surface area (Å²) >= 11 is 0. The van der Waals surface area contributed by atoms with E-state index < -0.39 is 34.6 Å². The number of nitrogens with one attached hydrogen (secondary N) is 1. The standard InChI is InChI=1S/C17H16F2N4O4/c18-13-7-11(8-14(19)17(13)21-5-1-2-6-21)20-15(24)10-22-9-12(23(26)27)3-4-16(22)25/h3-4,7-9H,1-2,5-6,10H2,(H,20,24). The summed E-state index contributed by atoms with van der Waals surface area (Å²) in [5.74, 6) is -2.33. The summed E-state index contributed by atoms with van der Waals surface area (Å²) in [5.41, 5.74) is -1.19. The number of pyridine rings is 1. The molecular weight excluding hydrogens is 362 g/mol. The number of nitrogens with zero attached hydrogens (tertiary/aromatic N) is 3. The van der Waals surface area contributed by atoms with E-state index in [-0.39, 0.29) is 17.1 Å². The fourth-order valence-corrected chi connectivity index (χ4v) is 2.99. The molecule has 142 valence electrons. The van der Waals surface area contributed by atoms with Crippen LogP contribution in [0.4, 0.5) is 25.8 Å². The van der Waals surface area contributed by atoms with Gasteiger partial charge in [0.15, 0.2) is 11.6 Å². The van der Waals surface area contributed by atoms with Gasteiger partial charge in [-0.1, -0.05) is 0 Å². The van der Waals surface area contributed by atoms with Crippen molar-refractivity contribution < 1.29 is 18.5 Å². The molecule has 1 aromatic heterocycles. The Morgan fingerprint density at radius 3 is 2.41 bits per heavy atom. The number of benzene rings is 1. The highest BCUT2D eigenvalue weighted by Gasteiger charge is 2.21. The third-order valence-electron chi connectivity index (χ3n) is 4.22. The molecular formula is C17H16F2N4O4. The number of carbonyl (C=O) groups is 1. The Morgan fingerprint density at radius 2 is 1.81 bits per heavy atom. The topological polar surface area (TPSA) is 97.5 Å². The van der Waals surface area contributed by atoms with Crippen molar-refractivity contribution in [1.82, 2.24) is 4.57 Å². The molecule has 0 saturated carbocycles. The maximum absolute atomic E-state index is 14.3. The van der Waals surface area contributed by atoms with E-state index in [2.05, 4.69) is 5.32 Å². The molecule has 1 aliphatic heterocycles. The van der Waals surface area contributed by atoms with Crippen molar-refractivity contribution in [3.8, 4) is 0 Å². The van der Waals surface area contributed by atoms with Gasteiger partial charge in [0.25, 0.3) is 11.2 Å². The lowest BCUT2D eigenvalue weighted by atomic mass is 10.2. The monoisotopic (exact) mass is 378 g/mol. The molecule has 0 aliphatic carbocycles. The van der Waals surface area contributed by atoms with Crippen LogP contribution in [0.15, 0.2) is 35.3 Å². The van der Waals surface area contributed by atoms with Crippen molar-refractivity contribution in [2.75, 3.05) is 23.3 Å². The minimum absolute atomic E-state index is 0.101. The first-order valence-electron chi connectivity index (χ1n) is 8.24. The zero-order chi connectivity index (χ0) is 19.6. The molecule has 10 heteroatoms. The summed E-state index contributed by atoms with van der Waals surface area (Å²) in [5, 5.41) is 13.1. The molecule has 8 nitrogen and oxygen atoms in total. The van der Waals surface area contributed by atoms with E-state index in [1.807, 2.05) is 0 Å². The van der Waals surface area contributed by atoms with Crippen molar-refractivity contribution in [2.24, 2.45) is 0 Å². The first kappa shape index (κ1) is 18.5. The quantitative estimate of drug-likeness (QED) is 0.636. The Kier molecular flexibility index (Phi) is 5.15. The second kappa shape index (κ2) is 7.52. The van der Waals surface area contributed by atoms with Crippen LogP contribution < -0.4 is 15.8 Å². The fourth-order valence-electron chi connectivity index (χ4n) is 2.99. The van der Waals surface area contributed by atoms with E-state index >= 15 is 0 Å². The number of rotatable bonds is 5. The van der Waals surface area contributed by atoms with Crippen molar-refractivity contribution >= 4 is 23.0 Å². The van der Waals surface area contributed by atoms with E-state index in [0.717, 1.165) is 47.9 Å². The smallest absolute Gasteiger partial charge is 0.285 e. The van der Waals surface area contributed by atoms with E-state index in [4.69, 9.17) is 0 Å². The molecule has 0 spiro atoms. The van der Waals surface area contributed by atoms with Gasteiger partial charge < -0.3 is 10.2 Å². The number of hydrogen-bond donors (Lipinski definition) is 1. The van der Waals surface area contributed by atoms with Crippen LogP contribution in [0.25, 0.3) is 0 Å². The molecule has 3 rings (SSSR count). The zero-order valence-corrected chi connectivity index (χ0v) is 14.2. The van der Waals surface area contributed by atoms with Gasteiger partial charge in [0.05, 0.1) is 11.1 Å². The molecule has 1 saturated heterocycles. The minimum Gasteiger partial charge on any atom is -0.367 e. The fraction of sp³-hybridized carbons (Fsp3) is 0.294. The highest BCUT2D eigenvalue weighted by Crippen LogP contribution is 2.29. The van der Waals surface area contributed by atoms with Crippen LogP contribution in [-0.2, 0) is 11.3 Å². The summed E-state index contributed by atoms with van der Waals surface area (Å²) in [6.07, 6.45) is 2.64. The molecule has 27 heavy (non-hydrogen) atoms. The van der Waals surface area contributed by atoms with Crippen molar-refractivity contribution in [1.29, 1.82) is 0 Å². The first-order valence-corrected chi connectivity index (χ1v) is 8.24. The van der Waals surface area contributed by atoms with Gasteiger partial charge in [-0.2, -0.15) is 0 Å². The summed E-state index contributed by atoms with van der Waals surface area (Å²) in [6, 6.07) is 4.00. The van der Waals surface area contributed by atoms with Crippen LogP contribution in [-0.4, -0.2) is 28.5 Å². The highest BCUT2D eigenvalue weighted by molar-refractivity contribution is 5.90. The van der Waals surface area contributed by atoms with Crippen LogP contribution in [0.1, 0.15) is 12.8 Å². The second-order valence-corrected chi connectivity index (χ2v) is 6.14. The maximum Gasteiger partial charge on any atom is 0.285 e. The number of anilines is 2. The zero-order valence-electron chi connectivity index (χ0n) is 14.2. The number of aromatic nitrogens is 1. The van der Waals surface area contributed by atoms with E-state index in [0.29, 0.717) is 13.1 Å². The van der Waals surface area contributed by atoms with Crippen LogP contribution in [0, 0.1) is 21.7 Å². The average molecular weight is 378 g/mol. The number of amides is 1.